The molecular weight excluding hydrogens is 256 g/mol. The van der Waals surface area contributed by atoms with E-state index < -0.39 is 0 Å². The van der Waals surface area contributed by atoms with Crippen LogP contribution in [0.1, 0.15) is 45.1 Å². The van der Waals surface area contributed by atoms with Gasteiger partial charge < -0.3 is 5.32 Å². The van der Waals surface area contributed by atoms with Crippen molar-refractivity contribution in [2.45, 2.75) is 52.1 Å². The molecule has 2 nitrogen and oxygen atoms in total. The van der Waals surface area contributed by atoms with Crippen molar-refractivity contribution >= 4 is 10.8 Å². The third-order valence-corrected chi connectivity index (χ3v) is 4.98. The van der Waals surface area contributed by atoms with Crippen LogP contribution in [-0.4, -0.2) is 11.0 Å². The first kappa shape index (κ1) is 14.5. The monoisotopic (exact) mass is 282 g/mol. The smallest absolute Gasteiger partial charge is 0.0346 e. The van der Waals surface area contributed by atoms with Gasteiger partial charge in [-0.1, -0.05) is 51.0 Å². The van der Waals surface area contributed by atoms with Gasteiger partial charge in [-0.15, -0.1) is 0 Å². The summed E-state index contributed by atoms with van der Waals surface area (Å²) in [4.78, 5) is 4.39. The number of pyridine rings is 1. The summed E-state index contributed by atoms with van der Waals surface area (Å²) in [5.74, 6) is 1.59. The van der Waals surface area contributed by atoms with E-state index in [1.165, 1.54) is 42.0 Å². The largest absolute Gasteiger partial charge is 0.310 e. The molecule has 2 atom stereocenters. The zero-order valence-corrected chi connectivity index (χ0v) is 13.2. The molecule has 2 aromatic rings. The molecule has 1 N–H and O–H groups in total. The van der Waals surface area contributed by atoms with E-state index in [4.69, 9.17) is 0 Å². The van der Waals surface area contributed by atoms with E-state index in [1.54, 1.807) is 0 Å². The lowest BCUT2D eigenvalue weighted by molar-refractivity contribution is 0.205. The Morgan fingerprint density at radius 3 is 2.81 bits per heavy atom. The highest BCUT2D eigenvalue weighted by Gasteiger charge is 2.26. The van der Waals surface area contributed by atoms with Gasteiger partial charge in [0, 0.05) is 30.4 Å². The normalized spacial score (nSPS) is 22.8. The number of rotatable bonds is 4. The molecule has 0 bridgehead atoms. The molecule has 1 saturated carbocycles. The van der Waals surface area contributed by atoms with Crippen molar-refractivity contribution in [3.8, 4) is 0 Å². The van der Waals surface area contributed by atoms with Gasteiger partial charge in [0.2, 0.25) is 0 Å². The molecule has 1 aliphatic rings. The van der Waals surface area contributed by atoms with E-state index in [0.29, 0.717) is 6.04 Å². The van der Waals surface area contributed by atoms with Gasteiger partial charge in [-0.3, -0.25) is 4.98 Å². The molecule has 1 aromatic carbocycles. The second-order valence-corrected chi connectivity index (χ2v) is 6.70. The fourth-order valence-electron chi connectivity index (χ4n) is 3.77. The number of hydrogen-bond acceptors (Lipinski definition) is 2. The number of nitrogens with zero attached hydrogens (tertiary/aromatic N) is 1. The zero-order valence-electron chi connectivity index (χ0n) is 13.2. The summed E-state index contributed by atoms with van der Waals surface area (Å²) in [5.41, 5.74) is 1.32. The number of aromatic nitrogens is 1. The van der Waals surface area contributed by atoms with Gasteiger partial charge in [0.15, 0.2) is 0 Å². The molecule has 0 saturated heterocycles. The first-order valence-corrected chi connectivity index (χ1v) is 8.30. The van der Waals surface area contributed by atoms with Crippen molar-refractivity contribution in [2.75, 3.05) is 0 Å². The van der Waals surface area contributed by atoms with Crippen molar-refractivity contribution in [3.63, 3.8) is 0 Å². The Kier molecular flexibility index (Phi) is 4.54. The summed E-state index contributed by atoms with van der Waals surface area (Å²) < 4.78 is 0. The van der Waals surface area contributed by atoms with Crippen LogP contribution in [0.25, 0.3) is 10.8 Å². The van der Waals surface area contributed by atoms with Crippen molar-refractivity contribution in [1.29, 1.82) is 0 Å². The second-order valence-electron chi connectivity index (χ2n) is 6.70. The minimum Gasteiger partial charge on any atom is -0.310 e. The van der Waals surface area contributed by atoms with E-state index in [0.717, 1.165) is 18.4 Å². The van der Waals surface area contributed by atoms with Gasteiger partial charge in [0.1, 0.15) is 0 Å². The fraction of sp³-hybridized carbons (Fsp3) is 0.526. The Balaban J connectivity index is 1.73. The van der Waals surface area contributed by atoms with Crippen LogP contribution in [0.5, 0.6) is 0 Å². The summed E-state index contributed by atoms with van der Waals surface area (Å²) in [5, 5.41) is 6.39. The standard InChI is InChI=1S/C19H26N2/c1-14(2)17-8-5-6-10-19(17)21-13-16-12-20-11-15-7-3-4-9-18(15)16/h3-4,7,9,11-12,14,17,19,21H,5-6,8,10,13H2,1-2H3. The van der Waals surface area contributed by atoms with Gasteiger partial charge >= 0.3 is 0 Å². The Labute approximate surface area is 128 Å². The van der Waals surface area contributed by atoms with Crippen molar-refractivity contribution in [3.05, 3.63) is 42.2 Å². The van der Waals surface area contributed by atoms with Crippen LogP contribution < -0.4 is 5.32 Å². The van der Waals surface area contributed by atoms with Crippen molar-refractivity contribution in [1.82, 2.24) is 10.3 Å². The summed E-state index contributed by atoms with van der Waals surface area (Å²) in [6.07, 6.45) is 9.44. The van der Waals surface area contributed by atoms with E-state index >= 15 is 0 Å². The van der Waals surface area contributed by atoms with Crippen LogP contribution in [0.2, 0.25) is 0 Å². The summed E-state index contributed by atoms with van der Waals surface area (Å²) in [7, 11) is 0. The average molecular weight is 282 g/mol. The lowest BCUT2D eigenvalue weighted by atomic mass is 9.78. The molecule has 3 rings (SSSR count). The Bertz CT molecular complexity index is 586. The first-order valence-electron chi connectivity index (χ1n) is 8.30. The van der Waals surface area contributed by atoms with Gasteiger partial charge in [0.25, 0.3) is 0 Å². The van der Waals surface area contributed by atoms with E-state index in [-0.39, 0.29) is 0 Å². The molecule has 0 radical (unpaired) electrons. The fourth-order valence-corrected chi connectivity index (χ4v) is 3.77. The molecule has 2 unspecified atom stereocenters. The van der Waals surface area contributed by atoms with E-state index in [9.17, 15) is 0 Å². The van der Waals surface area contributed by atoms with Crippen LogP contribution in [0.15, 0.2) is 36.7 Å². The maximum atomic E-state index is 4.39. The highest BCUT2D eigenvalue weighted by atomic mass is 14.9. The second kappa shape index (κ2) is 6.57. The molecule has 2 heteroatoms. The predicted molar refractivity (Wildman–Crippen MR) is 89.2 cm³/mol. The number of benzene rings is 1. The topological polar surface area (TPSA) is 24.9 Å². The lowest BCUT2D eigenvalue weighted by Gasteiger charge is -2.35. The Hall–Kier alpha value is -1.41. The molecule has 0 aliphatic heterocycles. The minimum absolute atomic E-state index is 0.665. The van der Waals surface area contributed by atoms with Crippen molar-refractivity contribution in [2.24, 2.45) is 11.8 Å². The Morgan fingerprint density at radius 2 is 1.95 bits per heavy atom. The maximum Gasteiger partial charge on any atom is 0.0346 e. The number of fused-ring (bicyclic) bond motifs is 1. The first-order chi connectivity index (χ1) is 10.3. The highest BCUT2D eigenvalue weighted by Crippen LogP contribution is 2.30. The molecule has 112 valence electrons. The molecular formula is C19H26N2. The van der Waals surface area contributed by atoms with Crippen LogP contribution in [-0.2, 0) is 6.54 Å². The number of hydrogen-bond donors (Lipinski definition) is 1. The molecule has 1 heterocycles. The van der Waals surface area contributed by atoms with Crippen LogP contribution in [0.3, 0.4) is 0 Å². The van der Waals surface area contributed by atoms with E-state index in [2.05, 4.69) is 48.4 Å². The third-order valence-electron chi connectivity index (χ3n) is 4.98. The van der Waals surface area contributed by atoms with Gasteiger partial charge in [-0.05, 0) is 35.6 Å². The molecule has 0 spiro atoms. The van der Waals surface area contributed by atoms with Crippen LogP contribution >= 0.6 is 0 Å². The molecule has 1 aromatic heterocycles. The molecule has 21 heavy (non-hydrogen) atoms. The van der Waals surface area contributed by atoms with Crippen LogP contribution in [0.4, 0.5) is 0 Å². The number of nitrogens with one attached hydrogen (secondary N) is 1. The molecule has 1 fully saturated rings. The highest BCUT2D eigenvalue weighted by molar-refractivity contribution is 5.84. The minimum atomic E-state index is 0.665. The quantitative estimate of drug-likeness (QED) is 0.890. The SMILES string of the molecule is CC(C)C1CCCCC1NCc1cncc2ccccc12. The summed E-state index contributed by atoms with van der Waals surface area (Å²) >= 11 is 0. The average Bonchev–Trinajstić information content (AvgIpc) is 2.53. The van der Waals surface area contributed by atoms with Gasteiger partial charge in [0.05, 0.1) is 0 Å². The van der Waals surface area contributed by atoms with Crippen molar-refractivity contribution < 1.29 is 0 Å². The van der Waals surface area contributed by atoms with Gasteiger partial charge in [-0.2, -0.15) is 0 Å². The molecule has 1 aliphatic carbocycles. The summed E-state index contributed by atoms with van der Waals surface area (Å²) in [6, 6.07) is 9.20. The Morgan fingerprint density at radius 1 is 1.14 bits per heavy atom. The van der Waals surface area contributed by atoms with Gasteiger partial charge in [-0.25, -0.2) is 0 Å². The molecule has 0 amide bonds. The van der Waals surface area contributed by atoms with E-state index in [1.807, 2.05) is 12.4 Å². The predicted octanol–water partition coefficient (Wildman–Crippen LogP) is 4.54. The lowest BCUT2D eigenvalue weighted by Crippen LogP contribution is -2.40. The summed E-state index contributed by atoms with van der Waals surface area (Å²) in [6.45, 7) is 5.66. The zero-order chi connectivity index (χ0) is 14.7. The maximum absolute atomic E-state index is 4.39. The van der Waals surface area contributed by atoms with Crippen LogP contribution in [0, 0.1) is 11.8 Å². The third kappa shape index (κ3) is 3.26.